The van der Waals surface area contributed by atoms with Gasteiger partial charge >= 0.3 is 6.09 Å². The molecule has 1 aromatic rings. The van der Waals surface area contributed by atoms with Crippen LogP contribution in [-0.4, -0.2) is 37.8 Å². The molecule has 0 unspecified atom stereocenters. The Morgan fingerprint density at radius 2 is 1.94 bits per heavy atom. The summed E-state index contributed by atoms with van der Waals surface area (Å²) >= 11 is 5.60. The van der Waals surface area contributed by atoms with Gasteiger partial charge in [0.25, 0.3) is 10.0 Å². The van der Waals surface area contributed by atoms with E-state index in [4.69, 9.17) is 11.6 Å². The molecule has 1 fully saturated rings. The van der Waals surface area contributed by atoms with Gasteiger partial charge in [-0.25, -0.2) is 13.2 Å². The van der Waals surface area contributed by atoms with Crippen molar-refractivity contribution in [2.24, 2.45) is 0 Å². The minimum atomic E-state index is -3.79. The quantitative estimate of drug-likeness (QED) is 0.790. The Balaban J connectivity index is 2.27. The smallest absolute Gasteiger partial charge is 0.424 e. The lowest BCUT2D eigenvalue weighted by atomic mass is 10.2. The fourth-order valence-electron chi connectivity index (χ4n) is 1.66. The highest BCUT2D eigenvalue weighted by Gasteiger charge is 2.34. The number of cyclic esters (lactones) is 1. The Morgan fingerprint density at radius 3 is 2.44 bits per heavy atom. The molecule has 1 aliphatic heterocycles. The number of hydrogen-bond acceptors (Lipinski definition) is 4. The summed E-state index contributed by atoms with van der Waals surface area (Å²) in [6, 6.07) is 6.33. The Morgan fingerprint density at radius 1 is 1.28 bits per heavy atom. The van der Waals surface area contributed by atoms with Crippen molar-refractivity contribution in [3.63, 3.8) is 0 Å². The fraction of sp³-hybridized carbons (Fsp3) is 0.364. The number of hydrogen-bond donors (Lipinski definition) is 0. The van der Waals surface area contributed by atoms with Crippen LogP contribution in [0.1, 0.15) is 5.56 Å². The van der Waals surface area contributed by atoms with Crippen LogP contribution in [0.3, 0.4) is 0 Å². The topological polar surface area (TPSA) is 63.7 Å². The van der Waals surface area contributed by atoms with Crippen molar-refractivity contribution >= 4 is 27.7 Å². The lowest BCUT2D eigenvalue weighted by molar-refractivity contribution is 0.170. The molecule has 18 heavy (non-hydrogen) atoms. The van der Waals surface area contributed by atoms with Crippen LogP contribution >= 0.6 is 11.6 Å². The molecule has 0 N–H and O–H groups in total. The van der Waals surface area contributed by atoms with E-state index in [9.17, 15) is 13.2 Å². The predicted octanol–water partition coefficient (Wildman–Crippen LogP) is 1.61. The number of benzene rings is 1. The summed E-state index contributed by atoms with van der Waals surface area (Å²) in [5, 5.41) is 0. The van der Waals surface area contributed by atoms with E-state index in [0.29, 0.717) is 12.3 Å². The lowest BCUT2D eigenvalue weighted by Crippen LogP contribution is -2.31. The molecule has 2 rings (SSSR count). The standard InChI is InChI=1S/C11H12ClNO4S/c12-6-5-9-1-3-10(4-2-9)18(15,16)13-7-8-17-11(13)14/h1-4H,5-8H2. The number of halogens is 1. The van der Waals surface area contributed by atoms with E-state index in [1.54, 1.807) is 12.1 Å². The maximum Gasteiger partial charge on any atom is 0.424 e. The second kappa shape index (κ2) is 5.16. The summed E-state index contributed by atoms with van der Waals surface area (Å²) in [6.07, 6.45) is -0.145. The Hall–Kier alpha value is -1.27. The molecule has 7 heteroatoms. The second-order valence-electron chi connectivity index (χ2n) is 3.77. The molecule has 1 aromatic carbocycles. The Labute approximate surface area is 110 Å². The van der Waals surface area contributed by atoms with Crippen molar-refractivity contribution in [3.8, 4) is 0 Å². The molecule has 0 atom stereocenters. The molecular formula is C11H12ClNO4S. The average molecular weight is 290 g/mol. The summed E-state index contributed by atoms with van der Waals surface area (Å²) in [4.78, 5) is 11.4. The lowest BCUT2D eigenvalue weighted by Gasteiger charge is -2.13. The highest BCUT2D eigenvalue weighted by molar-refractivity contribution is 7.89. The van der Waals surface area contributed by atoms with E-state index in [1.807, 2.05) is 0 Å². The first kappa shape index (κ1) is 13.2. The number of alkyl halides is 1. The average Bonchev–Trinajstić information content (AvgIpc) is 2.77. The van der Waals surface area contributed by atoms with Crippen LogP contribution in [0.15, 0.2) is 29.2 Å². The highest BCUT2D eigenvalue weighted by Crippen LogP contribution is 2.20. The normalized spacial score (nSPS) is 15.8. The van der Waals surface area contributed by atoms with Crippen LogP contribution in [-0.2, 0) is 21.2 Å². The first-order chi connectivity index (χ1) is 8.55. The Bertz CT molecular complexity index is 541. The van der Waals surface area contributed by atoms with E-state index in [0.717, 1.165) is 9.87 Å². The summed E-state index contributed by atoms with van der Waals surface area (Å²) in [5.41, 5.74) is 0.952. The number of rotatable bonds is 4. The van der Waals surface area contributed by atoms with Gasteiger partial charge in [-0.1, -0.05) is 12.1 Å². The first-order valence-electron chi connectivity index (χ1n) is 5.40. The predicted molar refractivity (Wildman–Crippen MR) is 66.1 cm³/mol. The molecule has 1 saturated heterocycles. The van der Waals surface area contributed by atoms with Crippen LogP contribution in [0.25, 0.3) is 0 Å². The molecule has 0 aromatic heterocycles. The third-order valence-corrected chi connectivity index (χ3v) is 4.59. The third kappa shape index (κ3) is 2.44. The van der Waals surface area contributed by atoms with E-state index < -0.39 is 16.1 Å². The maximum absolute atomic E-state index is 12.1. The highest BCUT2D eigenvalue weighted by atomic mass is 35.5. The number of nitrogens with zero attached hydrogens (tertiary/aromatic N) is 1. The SMILES string of the molecule is O=C1OCCN1S(=O)(=O)c1ccc(CCCl)cc1. The molecule has 1 amide bonds. The monoisotopic (exact) mass is 289 g/mol. The zero-order valence-corrected chi connectivity index (χ0v) is 11.1. The van der Waals surface area contributed by atoms with E-state index in [1.165, 1.54) is 12.1 Å². The van der Waals surface area contributed by atoms with Gasteiger partial charge in [0, 0.05) is 5.88 Å². The number of ether oxygens (including phenoxy) is 1. The number of carbonyl (C=O) groups is 1. The number of amides is 1. The van der Waals surface area contributed by atoms with Crippen molar-refractivity contribution in [3.05, 3.63) is 29.8 Å². The summed E-state index contributed by atoms with van der Waals surface area (Å²) < 4.78 is 29.6. The Kier molecular flexibility index (Phi) is 3.77. The van der Waals surface area contributed by atoms with Gasteiger partial charge in [0.2, 0.25) is 0 Å². The molecule has 0 radical (unpaired) electrons. The molecule has 5 nitrogen and oxygen atoms in total. The summed E-state index contributed by atoms with van der Waals surface area (Å²) in [7, 11) is -3.79. The van der Waals surface area contributed by atoms with Gasteiger partial charge in [-0.05, 0) is 24.1 Å². The van der Waals surface area contributed by atoms with Gasteiger partial charge in [0.1, 0.15) is 6.61 Å². The van der Waals surface area contributed by atoms with Gasteiger partial charge in [-0.2, -0.15) is 4.31 Å². The minimum absolute atomic E-state index is 0.0601. The molecule has 1 heterocycles. The molecule has 0 bridgehead atoms. The maximum atomic E-state index is 12.1. The zero-order valence-electron chi connectivity index (χ0n) is 9.50. The second-order valence-corrected chi connectivity index (χ2v) is 6.01. The van der Waals surface area contributed by atoms with Crippen molar-refractivity contribution in [2.75, 3.05) is 19.0 Å². The molecule has 0 saturated carbocycles. The zero-order chi connectivity index (χ0) is 13.2. The van der Waals surface area contributed by atoms with Crippen molar-refractivity contribution in [1.82, 2.24) is 4.31 Å². The molecule has 0 spiro atoms. The van der Waals surface area contributed by atoms with Gasteiger partial charge in [0.15, 0.2) is 0 Å². The largest absolute Gasteiger partial charge is 0.447 e. The van der Waals surface area contributed by atoms with E-state index >= 15 is 0 Å². The van der Waals surface area contributed by atoms with Gasteiger partial charge in [0.05, 0.1) is 11.4 Å². The minimum Gasteiger partial charge on any atom is -0.447 e. The van der Waals surface area contributed by atoms with Gasteiger partial charge in [-0.15, -0.1) is 11.6 Å². The van der Waals surface area contributed by atoms with Crippen LogP contribution in [0.5, 0.6) is 0 Å². The molecular weight excluding hydrogens is 278 g/mol. The van der Waals surface area contributed by atoms with Crippen molar-refractivity contribution < 1.29 is 17.9 Å². The van der Waals surface area contributed by atoms with Gasteiger partial charge in [-0.3, -0.25) is 0 Å². The fourth-order valence-corrected chi connectivity index (χ4v) is 3.18. The van der Waals surface area contributed by atoms with E-state index in [-0.39, 0.29) is 18.0 Å². The third-order valence-electron chi connectivity index (χ3n) is 2.62. The van der Waals surface area contributed by atoms with Gasteiger partial charge < -0.3 is 4.74 Å². The molecule has 0 aliphatic carbocycles. The molecule has 1 aliphatic rings. The number of sulfonamides is 1. The number of aryl methyl sites for hydroxylation is 1. The molecule has 98 valence electrons. The van der Waals surface area contributed by atoms with Crippen LogP contribution in [0.4, 0.5) is 4.79 Å². The van der Waals surface area contributed by atoms with Crippen LogP contribution < -0.4 is 0 Å². The van der Waals surface area contributed by atoms with Crippen LogP contribution in [0, 0.1) is 0 Å². The first-order valence-corrected chi connectivity index (χ1v) is 7.37. The van der Waals surface area contributed by atoms with Crippen molar-refractivity contribution in [2.45, 2.75) is 11.3 Å². The van der Waals surface area contributed by atoms with E-state index in [2.05, 4.69) is 4.74 Å². The summed E-state index contributed by atoms with van der Waals surface area (Å²) in [5.74, 6) is 0.477. The summed E-state index contributed by atoms with van der Waals surface area (Å²) in [6.45, 7) is 0.160. The number of carbonyl (C=O) groups excluding carboxylic acids is 1. The van der Waals surface area contributed by atoms with Crippen molar-refractivity contribution in [1.29, 1.82) is 0 Å². The van der Waals surface area contributed by atoms with Crippen LogP contribution in [0.2, 0.25) is 0 Å².